The van der Waals surface area contributed by atoms with E-state index < -0.39 is 5.82 Å². The Morgan fingerprint density at radius 1 is 1.40 bits per heavy atom. The Labute approximate surface area is 146 Å². The van der Waals surface area contributed by atoms with Crippen molar-refractivity contribution in [1.29, 1.82) is 0 Å². The van der Waals surface area contributed by atoms with Crippen LogP contribution in [-0.4, -0.2) is 40.8 Å². The molecule has 1 amide bonds. The van der Waals surface area contributed by atoms with Crippen molar-refractivity contribution in [2.24, 2.45) is 5.92 Å². The second kappa shape index (κ2) is 6.59. The van der Waals surface area contributed by atoms with Crippen LogP contribution in [0.4, 0.5) is 4.39 Å². The van der Waals surface area contributed by atoms with Gasteiger partial charge in [-0.2, -0.15) is 5.10 Å². The highest BCUT2D eigenvalue weighted by molar-refractivity contribution is 5.94. The van der Waals surface area contributed by atoms with E-state index in [0.717, 1.165) is 23.7 Å². The summed E-state index contributed by atoms with van der Waals surface area (Å²) >= 11 is 0. The van der Waals surface area contributed by atoms with Gasteiger partial charge in [0.1, 0.15) is 5.82 Å². The Bertz CT molecular complexity index is 785. The Balaban J connectivity index is 1.58. The van der Waals surface area contributed by atoms with Gasteiger partial charge in [0.25, 0.3) is 5.91 Å². The summed E-state index contributed by atoms with van der Waals surface area (Å²) in [5, 5.41) is 4.75. The maximum Gasteiger partial charge on any atom is 0.254 e. The number of halogens is 1. The molecule has 1 aliphatic heterocycles. The number of nitrogens with zero attached hydrogens (tertiary/aromatic N) is 3. The minimum Gasteiger partial charge on any atom is -0.384 e. The average molecular weight is 343 g/mol. The van der Waals surface area contributed by atoms with Crippen molar-refractivity contribution < 1.29 is 13.9 Å². The van der Waals surface area contributed by atoms with Crippen LogP contribution in [0.25, 0.3) is 0 Å². The first-order chi connectivity index (χ1) is 12.1. The summed E-state index contributed by atoms with van der Waals surface area (Å²) in [6.07, 6.45) is 4.60. The Morgan fingerprint density at radius 3 is 2.96 bits per heavy atom. The third kappa shape index (κ3) is 3.44. The molecule has 1 aliphatic carbocycles. The number of carbonyl (C=O) groups excluding carboxylic acids is 1. The van der Waals surface area contributed by atoms with Crippen LogP contribution < -0.4 is 0 Å². The quantitative estimate of drug-likeness (QED) is 0.839. The number of rotatable bonds is 5. The summed E-state index contributed by atoms with van der Waals surface area (Å²) in [7, 11) is 1.66. The van der Waals surface area contributed by atoms with Crippen molar-refractivity contribution in [2.45, 2.75) is 31.8 Å². The third-order valence-electron chi connectivity index (χ3n) is 4.93. The van der Waals surface area contributed by atoms with Gasteiger partial charge in [0.2, 0.25) is 0 Å². The van der Waals surface area contributed by atoms with Gasteiger partial charge in [0.05, 0.1) is 12.3 Å². The topological polar surface area (TPSA) is 47.4 Å². The van der Waals surface area contributed by atoms with Gasteiger partial charge in [-0.15, -0.1) is 0 Å². The zero-order valence-corrected chi connectivity index (χ0v) is 14.3. The van der Waals surface area contributed by atoms with Crippen LogP contribution >= 0.6 is 0 Å². The maximum atomic E-state index is 13.5. The molecular weight excluding hydrogens is 321 g/mol. The molecule has 1 aromatic heterocycles. The molecule has 2 aliphatic rings. The first-order valence-electron chi connectivity index (χ1n) is 8.74. The number of carbonyl (C=O) groups is 1. The van der Waals surface area contributed by atoms with Gasteiger partial charge < -0.3 is 9.64 Å². The molecule has 2 heterocycles. The maximum absolute atomic E-state index is 13.5. The zero-order chi connectivity index (χ0) is 17.4. The molecule has 6 heteroatoms. The lowest BCUT2D eigenvalue weighted by molar-refractivity contribution is 0.0678. The Kier molecular flexibility index (Phi) is 4.29. The number of benzene rings is 1. The number of hydrogen-bond acceptors (Lipinski definition) is 3. The fraction of sp³-hybridized carbons (Fsp3) is 0.474. The molecule has 1 saturated carbocycles. The standard InChI is InChI=1S/C19H22FN3O2/c1-25-12-16-10-22(19(24)14-3-2-4-17(20)7-14)9-15-11-23(21-18(15)16)8-13-5-6-13/h2-4,7,11,13,16H,5-6,8-10,12H2,1H3/t16-/m0/s1. The molecule has 1 fully saturated rings. The van der Waals surface area contributed by atoms with Crippen molar-refractivity contribution in [2.75, 3.05) is 20.3 Å². The summed E-state index contributed by atoms with van der Waals surface area (Å²) in [6.45, 7) is 2.51. The van der Waals surface area contributed by atoms with Gasteiger partial charge in [0.15, 0.2) is 0 Å². The highest BCUT2D eigenvalue weighted by Gasteiger charge is 2.32. The molecule has 1 aromatic carbocycles. The normalized spacial score (nSPS) is 19.8. The molecule has 0 unspecified atom stereocenters. The average Bonchev–Trinajstić information content (AvgIpc) is 3.31. The molecule has 132 valence electrons. The van der Waals surface area contributed by atoms with Crippen LogP contribution in [0.2, 0.25) is 0 Å². The van der Waals surface area contributed by atoms with Crippen LogP contribution in [0.3, 0.4) is 0 Å². The van der Waals surface area contributed by atoms with Crippen LogP contribution in [0.1, 0.15) is 40.4 Å². The number of amides is 1. The van der Waals surface area contributed by atoms with E-state index >= 15 is 0 Å². The van der Waals surface area contributed by atoms with Crippen LogP contribution in [-0.2, 0) is 17.8 Å². The second-order valence-electron chi connectivity index (χ2n) is 7.05. The van der Waals surface area contributed by atoms with Gasteiger partial charge in [0, 0.05) is 50.0 Å². The second-order valence-corrected chi connectivity index (χ2v) is 7.05. The van der Waals surface area contributed by atoms with Crippen LogP contribution in [0.15, 0.2) is 30.5 Å². The molecule has 0 N–H and O–H groups in total. The van der Waals surface area contributed by atoms with Gasteiger partial charge in [-0.3, -0.25) is 9.48 Å². The summed E-state index contributed by atoms with van der Waals surface area (Å²) in [5.41, 5.74) is 2.48. The van der Waals surface area contributed by atoms with E-state index in [1.54, 1.807) is 24.1 Å². The van der Waals surface area contributed by atoms with Gasteiger partial charge in [-0.25, -0.2) is 4.39 Å². The molecule has 0 spiro atoms. The molecule has 5 nitrogen and oxygen atoms in total. The molecule has 1 atom stereocenters. The molecule has 4 rings (SSSR count). The molecule has 0 saturated heterocycles. The first-order valence-corrected chi connectivity index (χ1v) is 8.74. The van der Waals surface area contributed by atoms with Gasteiger partial charge in [-0.1, -0.05) is 6.07 Å². The molecule has 0 bridgehead atoms. The highest BCUT2D eigenvalue weighted by atomic mass is 19.1. The zero-order valence-electron chi connectivity index (χ0n) is 14.3. The van der Waals surface area contributed by atoms with Crippen molar-refractivity contribution in [3.63, 3.8) is 0 Å². The third-order valence-corrected chi connectivity index (χ3v) is 4.93. The number of fused-ring (bicyclic) bond motifs is 1. The lowest BCUT2D eigenvalue weighted by Crippen LogP contribution is -2.39. The minimum atomic E-state index is -0.394. The smallest absolute Gasteiger partial charge is 0.254 e. The lowest BCUT2D eigenvalue weighted by atomic mass is 9.96. The summed E-state index contributed by atoms with van der Waals surface area (Å²) < 4.78 is 20.8. The van der Waals surface area contributed by atoms with Crippen molar-refractivity contribution in [3.05, 3.63) is 53.1 Å². The predicted molar refractivity (Wildman–Crippen MR) is 90.7 cm³/mol. The van der Waals surface area contributed by atoms with E-state index in [-0.39, 0.29) is 11.8 Å². The molecule has 0 radical (unpaired) electrons. The largest absolute Gasteiger partial charge is 0.384 e. The first kappa shape index (κ1) is 16.3. The van der Waals surface area contributed by atoms with Gasteiger partial charge >= 0.3 is 0 Å². The SMILES string of the molecule is COC[C@@H]1CN(C(=O)c2cccc(F)c2)Cc2cn(CC3CC3)nc21. The number of ether oxygens (including phenoxy) is 1. The van der Waals surface area contributed by atoms with Crippen LogP contribution in [0.5, 0.6) is 0 Å². The highest BCUT2D eigenvalue weighted by Crippen LogP contribution is 2.33. The van der Waals surface area contributed by atoms with Crippen molar-refractivity contribution in [3.8, 4) is 0 Å². The summed E-state index contributed by atoms with van der Waals surface area (Å²) in [5.74, 6) is 0.245. The summed E-state index contributed by atoms with van der Waals surface area (Å²) in [4.78, 5) is 14.6. The Hall–Kier alpha value is -2.21. The number of hydrogen-bond donors (Lipinski definition) is 0. The van der Waals surface area contributed by atoms with E-state index in [0.29, 0.717) is 25.3 Å². The fourth-order valence-electron chi connectivity index (χ4n) is 3.52. The lowest BCUT2D eigenvalue weighted by Gasteiger charge is -2.31. The van der Waals surface area contributed by atoms with Crippen molar-refractivity contribution >= 4 is 5.91 Å². The summed E-state index contributed by atoms with van der Waals surface area (Å²) in [6, 6.07) is 5.86. The minimum absolute atomic E-state index is 0.0479. The number of aromatic nitrogens is 2. The Morgan fingerprint density at radius 2 is 2.24 bits per heavy atom. The van der Waals surface area contributed by atoms with E-state index in [9.17, 15) is 9.18 Å². The molecule has 25 heavy (non-hydrogen) atoms. The fourth-order valence-corrected chi connectivity index (χ4v) is 3.52. The predicted octanol–water partition coefficient (Wildman–Crippen LogP) is 2.82. The van der Waals surface area contributed by atoms with Gasteiger partial charge in [-0.05, 0) is 37.0 Å². The van der Waals surface area contributed by atoms with E-state index in [1.165, 1.54) is 25.0 Å². The van der Waals surface area contributed by atoms with E-state index in [2.05, 4.69) is 6.20 Å². The monoisotopic (exact) mass is 343 g/mol. The van der Waals surface area contributed by atoms with E-state index in [1.807, 2.05) is 4.68 Å². The van der Waals surface area contributed by atoms with Crippen LogP contribution in [0, 0.1) is 11.7 Å². The van der Waals surface area contributed by atoms with Crippen molar-refractivity contribution in [1.82, 2.24) is 14.7 Å². The molecule has 2 aromatic rings. The molecular formula is C19H22FN3O2. The van der Waals surface area contributed by atoms with E-state index in [4.69, 9.17) is 9.84 Å². The number of methoxy groups -OCH3 is 1.